The molecule has 0 unspecified atom stereocenters. The maximum Gasteiger partial charge on any atom is 0.320 e. The molecule has 0 aliphatic heterocycles. The number of carbonyl (C=O) groups is 2. The molecule has 0 aromatic heterocycles. The van der Waals surface area contributed by atoms with E-state index in [1.54, 1.807) is 25.1 Å². The first kappa shape index (κ1) is 18.1. The molecule has 2 atom stereocenters. The van der Waals surface area contributed by atoms with Crippen LogP contribution in [0.25, 0.3) is 0 Å². The zero-order valence-corrected chi connectivity index (χ0v) is 13.9. The summed E-state index contributed by atoms with van der Waals surface area (Å²) in [7, 11) is 1.07. The Morgan fingerprint density at radius 3 is 2.05 bits per heavy atom. The van der Waals surface area contributed by atoms with Gasteiger partial charge in [-0.3, -0.25) is 9.59 Å². The number of methoxy groups -OCH3 is 2. The van der Waals surface area contributed by atoms with Crippen LogP contribution in [0.15, 0.2) is 40.6 Å². The van der Waals surface area contributed by atoms with Crippen molar-refractivity contribution in [3.8, 4) is 0 Å². The standard InChI is InChI=1S/C16H20O5S/c1-11-5-7-13(8-6-11)22(19)10-9-12(2)14(15(17)20-3)16(18)21-4/h5-10,12,14H,1-4H3/b10-9+/t12-,22-/m1/s1. The Balaban J connectivity index is 2.85. The van der Waals surface area contributed by atoms with Gasteiger partial charge in [0.15, 0.2) is 5.92 Å². The van der Waals surface area contributed by atoms with Crippen LogP contribution in [0.1, 0.15) is 12.5 Å². The maximum absolute atomic E-state index is 12.2. The second-order valence-corrected chi connectivity index (χ2v) is 6.16. The van der Waals surface area contributed by atoms with Crippen LogP contribution >= 0.6 is 0 Å². The van der Waals surface area contributed by atoms with Crippen LogP contribution in [0, 0.1) is 18.8 Å². The fourth-order valence-corrected chi connectivity index (χ4v) is 2.79. The first-order valence-electron chi connectivity index (χ1n) is 6.72. The second-order valence-electron chi connectivity index (χ2n) is 4.82. The minimum Gasteiger partial charge on any atom is -0.468 e. The van der Waals surface area contributed by atoms with E-state index in [2.05, 4.69) is 9.47 Å². The number of benzene rings is 1. The molecule has 0 aliphatic carbocycles. The Bertz CT molecular complexity index is 561. The minimum absolute atomic E-state index is 0.491. The summed E-state index contributed by atoms with van der Waals surface area (Å²) in [6.07, 6.45) is 1.56. The lowest BCUT2D eigenvalue weighted by Crippen LogP contribution is -2.31. The topological polar surface area (TPSA) is 69.7 Å². The molecule has 0 saturated carbocycles. The van der Waals surface area contributed by atoms with Crippen molar-refractivity contribution >= 4 is 22.7 Å². The van der Waals surface area contributed by atoms with Gasteiger partial charge in [-0.2, -0.15) is 0 Å². The van der Waals surface area contributed by atoms with E-state index in [0.717, 1.165) is 5.56 Å². The van der Waals surface area contributed by atoms with Crippen LogP contribution in [0.3, 0.4) is 0 Å². The number of esters is 2. The number of hydrogen-bond donors (Lipinski definition) is 0. The van der Waals surface area contributed by atoms with Crippen molar-refractivity contribution in [2.24, 2.45) is 11.8 Å². The molecule has 1 rings (SSSR count). The first-order valence-corrected chi connectivity index (χ1v) is 7.93. The van der Waals surface area contributed by atoms with Crippen molar-refractivity contribution in [1.29, 1.82) is 0 Å². The van der Waals surface area contributed by atoms with Crippen molar-refractivity contribution < 1.29 is 23.3 Å². The maximum atomic E-state index is 12.2. The molecule has 0 fully saturated rings. The quantitative estimate of drug-likeness (QED) is 0.593. The fourth-order valence-electron chi connectivity index (χ4n) is 1.84. The van der Waals surface area contributed by atoms with Crippen LogP contribution in [0.2, 0.25) is 0 Å². The highest BCUT2D eigenvalue weighted by atomic mass is 32.2. The monoisotopic (exact) mass is 324 g/mol. The van der Waals surface area contributed by atoms with Gasteiger partial charge in [0, 0.05) is 10.3 Å². The Hall–Kier alpha value is -1.95. The van der Waals surface area contributed by atoms with Gasteiger partial charge in [0.05, 0.1) is 25.0 Å². The van der Waals surface area contributed by atoms with E-state index >= 15 is 0 Å². The van der Waals surface area contributed by atoms with E-state index in [0.29, 0.717) is 4.90 Å². The summed E-state index contributed by atoms with van der Waals surface area (Å²) < 4.78 is 21.4. The number of ether oxygens (including phenoxy) is 2. The number of rotatable bonds is 6. The highest BCUT2D eigenvalue weighted by Gasteiger charge is 2.33. The van der Waals surface area contributed by atoms with Crippen molar-refractivity contribution in [2.75, 3.05) is 14.2 Å². The van der Waals surface area contributed by atoms with Gasteiger partial charge in [-0.15, -0.1) is 0 Å². The minimum atomic E-state index is -1.34. The molecule has 0 amide bonds. The summed E-state index contributed by atoms with van der Waals surface area (Å²) in [5.74, 6) is -2.91. The van der Waals surface area contributed by atoms with Crippen LogP contribution in [-0.2, 0) is 29.9 Å². The average molecular weight is 324 g/mol. The molecular formula is C16H20O5S. The van der Waals surface area contributed by atoms with Gasteiger partial charge in [0.1, 0.15) is 0 Å². The summed E-state index contributed by atoms with van der Waals surface area (Å²) >= 11 is 0. The Labute approximate surface area is 132 Å². The van der Waals surface area contributed by atoms with Gasteiger partial charge < -0.3 is 9.47 Å². The van der Waals surface area contributed by atoms with E-state index in [4.69, 9.17) is 0 Å². The lowest BCUT2D eigenvalue weighted by Gasteiger charge is -2.16. The molecule has 6 heteroatoms. The van der Waals surface area contributed by atoms with Crippen molar-refractivity contribution in [2.45, 2.75) is 18.7 Å². The highest BCUT2D eigenvalue weighted by molar-refractivity contribution is 7.88. The van der Waals surface area contributed by atoms with Crippen LogP contribution in [-0.4, -0.2) is 30.4 Å². The normalized spacial score (nSPS) is 13.9. The van der Waals surface area contributed by atoms with Crippen molar-refractivity contribution in [3.05, 3.63) is 41.3 Å². The SMILES string of the molecule is COC(=O)C(C(=O)OC)[C@H](C)/C=C/[S@@](=O)c1ccc(C)cc1. The third kappa shape index (κ3) is 4.80. The molecule has 0 radical (unpaired) electrons. The summed E-state index contributed by atoms with van der Waals surface area (Å²) in [5.41, 5.74) is 1.08. The number of hydrogen-bond acceptors (Lipinski definition) is 5. The Morgan fingerprint density at radius 2 is 1.59 bits per heavy atom. The number of carbonyl (C=O) groups excluding carboxylic acids is 2. The zero-order valence-electron chi connectivity index (χ0n) is 13.1. The van der Waals surface area contributed by atoms with E-state index in [1.165, 1.54) is 19.6 Å². The molecule has 0 N–H and O–H groups in total. The van der Waals surface area contributed by atoms with Gasteiger partial charge >= 0.3 is 11.9 Å². The second kappa shape index (κ2) is 8.48. The summed E-state index contributed by atoms with van der Waals surface area (Å²) in [4.78, 5) is 24.0. The molecular weight excluding hydrogens is 304 g/mol. The van der Waals surface area contributed by atoms with Crippen LogP contribution < -0.4 is 0 Å². The predicted octanol–water partition coefficient (Wildman–Crippen LogP) is 2.21. The van der Waals surface area contributed by atoms with Crippen molar-refractivity contribution in [3.63, 3.8) is 0 Å². The molecule has 0 aliphatic rings. The molecule has 22 heavy (non-hydrogen) atoms. The summed E-state index contributed by atoms with van der Waals surface area (Å²) in [6.45, 7) is 3.61. The Morgan fingerprint density at radius 1 is 1.09 bits per heavy atom. The Kier molecular flexibility index (Phi) is 6.98. The molecule has 0 bridgehead atoms. The number of aryl methyl sites for hydroxylation is 1. The zero-order chi connectivity index (χ0) is 16.7. The fraction of sp³-hybridized carbons (Fsp3) is 0.375. The van der Waals surface area contributed by atoms with E-state index in [1.807, 2.05) is 19.1 Å². The van der Waals surface area contributed by atoms with Gasteiger partial charge in [-0.25, -0.2) is 4.21 Å². The van der Waals surface area contributed by atoms with Gasteiger partial charge in [0.25, 0.3) is 0 Å². The average Bonchev–Trinajstić information content (AvgIpc) is 2.52. The van der Waals surface area contributed by atoms with Crippen molar-refractivity contribution in [1.82, 2.24) is 0 Å². The van der Waals surface area contributed by atoms with Gasteiger partial charge in [0.2, 0.25) is 0 Å². The van der Waals surface area contributed by atoms with E-state index < -0.39 is 34.6 Å². The van der Waals surface area contributed by atoms with E-state index in [9.17, 15) is 13.8 Å². The summed E-state index contributed by atoms with van der Waals surface area (Å²) in [5, 5.41) is 1.47. The predicted molar refractivity (Wildman–Crippen MR) is 83.4 cm³/mol. The van der Waals surface area contributed by atoms with Crippen LogP contribution in [0.5, 0.6) is 0 Å². The lowest BCUT2D eigenvalue weighted by molar-refractivity contribution is -0.160. The third-order valence-electron chi connectivity index (χ3n) is 3.20. The first-order chi connectivity index (χ1) is 10.4. The highest BCUT2D eigenvalue weighted by Crippen LogP contribution is 2.18. The third-order valence-corrected chi connectivity index (χ3v) is 4.34. The molecule has 1 aromatic rings. The van der Waals surface area contributed by atoms with E-state index in [-0.39, 0.29) is 0 Å². The molecule has 0 saturated heterocycles. The molecule has 5 nitrogen and oxygen atoms in total. The molecule has 1 aromatic carbocycles. The number of allylic oxidation sites excluding steroid dienone is 1. The van der Waals surface area contributed by atoms with Gasteiger partial charge in [-0.1, -0.05) is 30.7 Å². The molecule has 0 heterocycles. The smallest absolute Gasteiger partial charge is 0.320 e. The molecule has 120 valence electrons. The largest absolute Gasteiger partial charge is 0.468 e. The summed E-state index contributed by atoms with van der Waals surface area (Å²) in [6, 6.07) is 7.30. The van der Waals surface area contributed by atoms with Gasteiger partial charge in [-0.05, 0) is 25.0 Å². The molecule has 0 spiro atoms. The van der Waals surface area contributed by atoms with Crippen LogP contribution in [0.4, 0.5) is 0 Å². The lowest BCUT2D eigenvalue weighted by atomic mass is 9.94.